The second kappa shape index (κ2) is 10.6. The molecule has 3 aromatic heterocycles. The molecule has 4 aromatic rings. The van der Waals surface area contributed by atoms with Crippen LogP contribution in [0.4, 0.5) is 0 Å². The van der Waals surface area contributed by atoms with Crippen molar-refractivity contribution in [3.8, 4) is 22.6 Å². The summed E-state index contributed by atoms with van der Waals surface area (Å²) in [7, 11) is 0. The summed E-state index contributed by atoms with van der Waals surface area (Å²) in [5.74, 6) is 1.54. The van der Waals surface area contributed by atoms with Gasteiger partial charge in [-0.15, -0.1) is 0 Å². The Bertz CT molecular complexity index is 1350. The van der Waals surface area contributed by atoms with E-state index in [1.54, 1.807) is 6.33 Å². The van der Waals surface area contributed by atoms with E-state index in [-0.39, 0.29) is 11.9 Å². The molecule has 0 amide bonds. The molecule has 6 rings (SSSR count). The fourth-order valence-electron chi connectivity index (χ4n) is 4.66. The number of hydrogen-bond donors (Lipinski definition) is 2. The van der Waals surface area contributed by atoms with Gasteiger partial charge in [-0.25, -0.2) is 4.98 Å². The summed E-state index contributed by atoms with van der Waals surface area (Å²) in [5.41, 5.74) is 6.94. The molecule has 7 nitrogen and oxygen atoms in total. The van der Waals surface area contributed by atoms with Crippen molar-refractivity contribution < 1.29 is 9.53 Å². The lowest BCUT2D eigenvalue weighted by atomic mass is 9.76. The molecule has 2 N–H and O–H groups in total. The van der Waals surface area contributed by atoms with E-state index in [1.807, 2.05) is 37.4 Å². The van der Waals surface area contributed by atoms with Gasteiger partial charge in [-0.3, -0.25) is 14.8 Å². The van der Waals surface area contributed by atoms with E-state index in [9.17, 15) is 4.79 Å². The largest absolute Gasteiger partial charge is 0.465 e. The van der Waals surface area contributed by atoms with Crippen LogP contribution in [0.5, 0.6) is 0 Å². The molecule has 36 heavy (non-hydrogen) atoms. The molecule has 4 heterocycles. The summed E-state index contributed by atoms with van der Waals surface area (Å²) in [6.07, 6.45) is 5.66. The van der Waals surface area contributed by atoms with E-state index in [0.29, 0.717) is 12.5 Å². The fourth-order valence-corrected chi connectivity index (χ4v) is 4.66. The highest BCUT2D eigenvalue weighted by Gasteiger charge is 2.33. The molecule has 0 bridgehead atoms. The Morgan fingerprint density at radius 1 is 1.08 bits per heavy atom. The van der Waals surface area contributed by atoms with Crippen molar-refractivity contribution in [2.45, 2.75) is 33.6 Å². The number of pyridine rings is 2. The number of imidazole rings is 1. The Labute approximate surface area is 211 Å². The number of hydrogen-bond acceptors (Lipinski definition) is 6. The Hall–Kier alpha value is -3.58. The van der Waals surface area contributed by atoms with E-state index in [1.165, 1.54) is 0 Å². The lowest BCUT2D eigenvalue weighted by molar-refractivity contribution is -0.155. The number of benzene rings is 1. The predicted octanol–water partition coefficient (Wildman–Crippen LogP) is 5.10. The highest BCUT2D eigenvalue weighted by molar-refractivity contribution is 5.87. The second-order valence-corrected chi connectivity index (χ2v) is 10.1. The first kappa shape index (κ1) is 24.1. The van der Waals surface area contributed by atoms with Crippen LogP contribution in [0.3, 0.4) is 0 Å². The maximum atomic E-state index is 11.4. The van der Waals surface area contributed by atoms with Crippen molar-refractivity contribution in [1.29, 1.82) is 0 Å². The average Bonchev–Trinajstić information content (AvgIpc) is 3.31. The molecule has 1 aliphatic carbocycles. The second-order valence-electron chi connectivity index (χ2n) is 10.1. The van der Waals surface area contributed by atoms with E-state index in [2.05, 4.69) is 57.3 Å². The van der Waals surface area contributed by atoms with E-state index in [0.717, 1.165) is 76.7 Å². The normalized spacial score (nSPS) is 19.1. The smallest absolute Gasteiger partial charge is 0.308 e. The molecule has 1 saturated carbocycles. The molecule has 0 unspecified atom stereocenters. The van der Waals surface area contributed by atoms with Gasteiger partial charge in [0, 0.05) is 41.8 Å². The molecule has 186 valence electrons. The van der Waals surface area contributed by atoms with Crippen LogP contribution in [-0.4, -0.2) is 45.6 Å². The van der Waals surface area contributed by atoms with Gasteiger partial charge in [0.2, 0.25) is 0 Å². The van der Waals surface area contributed by atoms with E-state index in [4.69, 9.17) is 4.74 Å². The van der Waals surface area contributed by atoms with Crippen molar-refractivity contribution in [1.82, 2.24) is 25.3 Å². The highest BCUT2D eigenvalue weighted by Crippen LogP contribution is 2.34. The molecule has 1 aromatic carbocycles. The first-order chi connectivity index (χ1) is 17.5. The first-order valence-electron chi connectivity index (χ1n) is 12.7. The number of rotatable bonds is 5. The van der Waals surface area contributed by atoms with Crippen molar-refractivity contribution in [2.75, 3.05) is 19.7 Å². The number of esters is 1. The van der Waals surface area contributed by atoms with Crippen molar-refractivity contribution >= 4 is 16.9 Å². The molecule has 2 aliphatic rings. The van der Waals surface area contributed by atoms with Crippen molar-refractivity contribution in [3.63, 3.8) is 0 Å². The molecular weight excluding hydrogens is 450 g/mol. The summed E-state index contributed by atoms with van der Waals surface area (Å²) in [6.45, 7) is 8.86. The third kappa shape index (κ3) is 5.46. The highest BCUT2D eigenvalue weighted by atomic mass is 16.5. The lowest BCUT2D eigenvalue weighted by Gasteiger charge is -2.32. The van der Waals surface area contributed by atoms with Gasteiger partial charge in [0.15, 0.2) is 0 Å². The Kier molecular flexibility index (Phi) is 7.09. The topological polar surface area (TPSA) is 92.8 Å². The minimum atomic E-state index is 0.0324. The maximum absolute atomic E-state index is 11.4. The summed E-state index contributed by atoms with van der Waals surface area (Å²) >= 11 is 0. The Balaban J connectivity index is 0.000000174. The Morgan fingerprint density at radius 2 is 1.92 bits per heavy atom. The van der Waals surface area contributed by atoms with Gasteiger partial charge in [0.25, 0.3) is 0 Å². The van der Waals surface area contributed by atoms with Crippen LogP contribution in [0.2, 0.25) is 0 Å². The number of aromatic nitrogens is 4. The molecule has 2 fully saturated rings. The predicted molar refractivity (Wildman–Crippen MR) is 141 cm³/mol. The first-order valence-corrected chi connectivity index (χ1v) is 12.7. The maximum Gasteiger partial charge on any atom is 0.308 e. The standard InChI is InChI=1S/C19H16N4.C10H17NO2/c1-12-8-15-9-14(6-7-16(15)20-10-12)18-19(22-11-21-18)17-5-3-4-13(2)23-17;1-7-2-9(3-7)10(12)13-6-8-4-11-5-8/h3-11H,1-2H3,(H,21,22);7-9,11H,2-6H2,1H3. The third-order valence-electron chi connectivity index (χ3n) is 6.91. The van der Waals surface area contributed by atoms with Crippen LogP contribution < -0.4 is 5.32 Å². The number of nitrogens with zero attached hydrogens (tertiary/aromatic N) is 3. The quantitative estimate of drug-likeness (QED) is 0.384. The minimum Gasteiger partial charge on any atom is -0.465 e. The zero-order valence-corrected chi connectivity index (χ0v) is 21.1. The zero-order valence-electron chi connectivity index (χ0n) is 21.1. The molecule has 1 aliphatic heterocycles. The van der Waals surface area contributed by atoms with Gasteiger partial charge >= 0.3 is 5.97 Å². The number of carbonyl (C=O) groups is 1. The van der Waals surface area contributed by atoms with Crippen LogP contribution in [0, 0.1) is 31.6 Å². The number of carbonyl (C=O) groups excluding carboxylic acids is 1. The van der Waals surface area contributed by atoms with Gasteiger partial charge in [-0.1, -0.05) is 19.1 Å². The number of fused-ring (bicyclic) bond motifs is 1. The molecule has 0 atom stereocenters. The summed E-state index contributed by atoms with van der Waals surface area (Å²) in [5, 5.41) is 4.28. The SMILES string of the molecule is CC1CC(C(=O)OCC2CNC2)C1.Cc1cnc2ccc(-c3nc[nH]c3-c3cccc(C)n3)cc2c1. The molecular formula is C29H33N5O2. The molecule has 7 heteroatoms. The van der Waals surface area contributed by atoms with Crippen LogP contribution >= 0.6 is 0 Å². The molecule has 1 saturated heterocycles. The monoisotopic (exact) mass is 483 g/mol. The number of H-pyrrole nitrogens is 1. The molecule has 0 radical (unpaired) electrons. The minimum absolute atomic E-state index is 0.0324. The van der Waals surface area contributed by atoms with Gasteiger partial charge in [0.1, 0.15) is 0 Å². The van der Waals surface area contributed by atoms with Gasteiger partial charge < -0.3 is 15.0 Å². The van der Waals surface area contributed by atoms with Crippen LogP contribution in [0.1, 0.15) is 31.0 Å². The number of aromatic amines is 1. The van der Waals surface area contributed by atoms with Crippen LogP contribution in [-0.2, 0) is 9.53 Å². The number of aryl methyl sites for hydroxylation is 2. The summed E-state index contributed by atoms with van der Waals surface area (Å²) in [6, 6.07) is 14.4. The Morgan fingerprint density at radius 3 is 2.64 bits per heavy atom. The van der Waals surface area contributed by atoms with Gasteiger partial charge in [0.05, 0.1) is 41.5 Å². The number of nitrogens with one attached hydrogen (secondary N) is 2. The average molecular weight is 484 g/mol. The zero-order chi connectivity index (χ0) is 25.1. The third-order valence-corrected chi connectivity index (χ3v) is 6.91. The van der Waals surface area contributed by atoms with Crippen LogP contribution in [0.15, 0.2) is 55.0 Å². The lowest BCUT2D eigenvalue weighted by Crippen LogP contribution is -2.45. The summed E-state index contributed by atoms with van der Waals surface area (Å²) < 4.78 is 5.22. The van der Waals surface area contributed by atoms with Gasteiger partial charge in [-0.05, 0) is 68.5 Å². The molecule has 0 spiro atoms. The number of ether oxygens (including phenoxy) is 1. The van der Waals surface area contributed by atoms with E-state index >= 15 is 0 Å². The van der Waals surface area contributed by atoms with Crippen LogP contribution in [0.25, 0.3) is 33.5 Å². The van der Waals surface area contributed by atoms with E-state index < -0.39 is 0 Å². The van der Waals surface area contributed by atoms with Gasteiger partial charge in [-0.2, -0.15) is 0 Å². The van der Waals surface area contributed by atoms with Crippen molar-refractivity contribution in [2.24, 2.45) is 17.8 Å². The summed E-state index contributed by atoms with van der Waals surface area (Å²) in [4.78, 5) is 28.1. The van der Waals surface area contributed by atoms with Crippen molar-refractivity contribution in [3.05, 3.63) is 66.2 Å². The fraction of sp³-hybridized carbons (Fsp3) is 0.379.